The first-order chi connectivity index (χ1) is 13.6. The molecule has 154 valence electrons. The van der Waals surface area contributed by atoms with E-state index < -0.39 is 33.3 Å². The number of benzene rings is 2. The van der Waals surface area contributed by atoms with Crippen molar-refractivity contribution in [3.63, 3.8) is 0 Å². The molecule has 1 heterocycles. The normalized spacial score (nSPS) is 14.8. The summed E-state index contributed by atoms with van der Waals surface area (Å²) in [5, 5.41) is 0.127. The van der Waals surface area contributed by atoms with E-state index in [1.807, 2.05) is 0 Å². The Bertz CT molecular complexity index is 1080. The Morgan fingerprint density at radius 3 is 2.03 bits per heavy atom. The first-order valence-electron chi connectivity index (χ1n) is 8.61. The number of halogens is 3. The Labute approximate surface area is 171 Å². The van der Waals surface area contributed by atoms with E-state index in [4.69, 9.17) is 11.6 Å². The van der Waals surface area contributed by atoms with Crippen LogP contribution in [0.15, 0.2) is 41.3 Å². The molecule has 0 radical (unpaired) electrons. The third-order valence-corrected chi connectivity index (χ3v) is 6.06. The number of hydrogen-bond acceptors (Lipinski definition) is 4. The molecule has 2 amide bonds. The van der Waals surface area contributed by atoms with Crippen LogP contribution >= 0.6 is 11.6 Å². The summed E-state index contributed by atoms with van der Waals surface area (Å²) < 4.78 is 49.9. The van der Waals surface area contributed by atoms with Crippen LogP contribution in [0.4, 0.5) is 8.78 Å². The minimum Gasteiger partial charge on any atom is -0.335 e. The highest BCUT2D eigenvalue weighted by atomic mass is 35.5. The van der Waals surface area contributed by atoms with Crippen LogP contribution in [0.1, 0.15) is 20.7 Å². The zero-order valence-corrected chi connectivity index (χ0v) is 16.9. The lowest BCUT2D eigenvalue weighted by molar-refractivity contribution is 0.0535. The van der Waals surface area contributed by atoms with Gasteiger partial charge in [-0.3, -0.25) is 9.59 Å². The molecule has 10 heteroatoms. The molecule has 2 aromatic rings. The summed E-state index contributed by atoms with van der Waals surface area (Å²) in [5.41, 5.74) is 0.0857. The molecule has 0 N–H and O–H groups in total. The topological polar surface area (TPSA) is 74.8 Å². The molecule has 0 aromatic heterocycles. The Morgan fingerprint density at radius 2 is 1.48 bits per heavy atom. The summed E-state index contributed by atoms with van der Waals surface area (Å²) in [7, 11) is -3.50. The molecule has 1 saturated heterocycles. The van der Waals surface area contributed by atoms with E-state index in [1.54, 1.807) is 0 Å². The molecule has 29 heavy (non-hydrogen) atoms. The maximum Gasteiger partial charge on any atom is 0.255 e. The molecule has 1 aliphatic heterocycles. The van der Waals surface area contributed by atoms with E-state index in [0.717, 1.165) is 18.4 Å². The highest BCUT2D eigenvalue weighted by Crippen LogP contribution is 2.23. The Hall–Kier alpha value is -2.52. The molecule has 1 aliphatic rings. The van der Waals surface area contributed by atoms with Crippen LogP contribution in [0.3, 0.4) is 0 Å². The molecular weight excluding hydrogens is 426 g/mol. The van der Waals surface area contributed by atoms with Crippen molar-refractivity contribution in [3.05, 3.63) is 64.2 Å². The number of sulfone groups is 1. The molecule has 0 spiro atoms. The standard InChI is InChI=1S/C19H17ClF2N2O4S/c1-29(27,28)13-3-4-15(20)14(11-13)19(26)24-8-6-23(7-9-24)18(25)12-2-5-16(21)17(22)10-12/h2-5,10-11H,6-9H2,1H3. The van der Waals surface area contributed by atoms with Gasteiger partial charge in [-0.1, -0.05) is 11.6 Å². The average molecular weight is 443 g/mol. The van der Waals surface area contributed by atoms with Crippen molar-refractivity contribution < 1.29 is 26.8 Å². The lowest BCUT2D eigenvalue weighted by Gasteiger charge is -2.35. The second-order valence-corrected chi connectivity index (χ2v) is 9.05. The molecule has 0 bridgehead atoms. The number of carbonyl (C=O) groups is 2. The zero-order chi connectivity index (χ0) is 21.3. The molecule has 1 fully saturated rings. The fraction of sp³-hybridized carbons (Fsp3) is 0.263. The Balaban J connectivity index is 1.71. The van der Waals surface area contributed by atoms with Gasteiger partial charge in [-0.15, -0.1) is 0 Å². The first kappa shape index (κ1) is 21.2. The van der Waals surface area contributed by atoms with Gasteiger partial charge in [-0.25, -0.2) is 17.2 Å². The Morgan fingerprint density at radius 1 is 0.897 bits per heavy atom. The van der Waals surface area contributed by atoms with Gasteiger partial charge in [0, 0.05) is 38.0 Å². The number of piperazine rings is 1. The van der Waals surface area contributed by atoms with Crippen molar-refractivity contribution in [3.8, 4) is 0 Å². The maximum absolute atomic E-state index is 13.4. The van der Waals surface area contributed by atoms with Crippen molar-refractivity contribution in [2.45, 2.75) is 4.90 Å². The second-order valence-electron chi connectivity index (χ2n) is 6.63. The largest absolute Gasteiger partial charge is 0.335 e. The fourth-order valence-electron chi connectivity index (χ4n) is 2.99. The van der Waals surface area contributed by atoms with Crippen molar-refractivity contribution in [1.82, 2.24) is 9.80 Å². The van der Waals surface area contributed by atoms with E-state index in [1.165, 1.54) is 34.1 Å². The first-order valence-corrected chi connectivity index (χ1v) is 10.9. The van der Waals surface area contributed by atoms with Gasteiger partial charge in [0.05, 0.1) is 15.5 Å². The van der Waals surface area contributed by atoms with E-state index in [0.29, 0.717) is 0 Å². The van der Waals surface area contributed by atoms with Gasteiger partial charge in [0.1, 0.15) is 0 Å². The van der Waals surface area contributed by atoms with Gasteiger partial charge >= 0.3 is 0 Å². The summed E-state index contributed by atoms with van der Waals surface area (Å²) in [6, 6.07) is 6.85. The summed E-state index contributed by atoms with van der Waals surface area (Å²) in [4.78, 5) is 28.1. The molecule has 0 unspecified atom stereocenters. The molecule has 6 nitrogen and oxygen atoms in total. The third-order valence-electron chi connectivity index (χ3n) is 4.62. The summed E-state index contributed by atoms with van der Waals surface area (Å²) in [6.45, 7) is 0.751. The van der Waals surface area contributed by atoms with Crippen LogP contribution in [0.25, 0.3) is 0 Å². The van der Waals surface area contributed by atoms with Gasteiger partial charge in [0.2, 0.25) is 0 Å². The van der Waals surface area contributed by atoms with Crippen LogP contribution in [-0.2, 0) is 9.84 Å². The maximum atomic E-state index is 13.4. The van der Waals surface area contributed by atoms with E-state index in [2.05, 4.69) is 0 Å². The lowest BCUT2D eigenvalue weighted by atomic mass is 10.1. The number of hydrogen-bond donors (Lipinski definition) is 0. The van der Waals surface area contributed by atoms with E-state index >= 15 is 0 Å². The monoisotopic (exact) mass is 442 g/mol. The van der Waals surface area contributed by atoms with E-state index in [9.17, 15) is 26.8 Å². The van der Waals surface area contributed by atoms with Gasteiger partial charge in [0.15, 0.2) is 21.5 Å². The quantitative estimate of drug-likeness (QED) is 0.732. The predicted octanol–water partition coefficient (Wildman–Crippen LogP) is 2.62. The average Bonchev–Trinajstić information content (AvgIpc) is 2.68. The van der Waals surface area contributed by atoms with Crippen LogP contribution in [0, 0.1) is 11.6 Å². The predicted molar refractivity (Wildman–Crippen MR) is 103 cm³/mol. The molecular formula is C19H17ClF2N2O4S. The second kappa shape index (κ2) is 8.08. The fourth-order valence-corrected chi connectivity index (χ4v) is 3.84. The van der Waals surface area contributed by atoms with Gasteiger partial charge < -0.3 is 9.80 Å². The summed E-state index contributed by atoms with van der Waals surface area (Å²) in [5.74, 6) is -3.05. The minimum atomic E-state index is -3.50. The van der Waals surface area contributed by atoms with Crippen molar-refractivity contribution in [2.75, 3.05) is 32.4 Å². The van der Waals surface area contributed by atoms with Crippen LogP contribution in [0.5, 0.6) is 0 Å². The molecule has 3 rings (SSSR count). The highest BCUT2D eigenvalue weighted by molar-refractivity contribution is 7.90. The van der Waals surface area contributed by atoms with Crippen LogP contribution in [0.2, 0.25) is 5.02 Å². The number of amides is 2. The van der Waals surface area contributed by atoms with Crippen LogP contribution in [-0.4, -0.2) is 62.5 Å². The lowest BCUT2D eigenvalue weighted by Crippen LogP contribution is -2.50. The third kappa shape index (κ3) is 4.56. The van der Waals surface area contributed by atoms with Crippen LogP contribution < -0.4 is 0 Å². The zero-order valence-electron chi connectivity index (χ0n) is 15.4. The van der Waals surface area contributed by atoms with E-state index in [-0.39, 0.29) is 47.2 Å². The van der Waals surface area contributed by atoms with Crippen molar-refractivity contribution >= 4 is 33.3 Å². The number of nitrogens with zero attached hydrogens (tertiary/aromatic N) is 2. The number of rotatable bonds is 3. The smallest absolute Gasteiger partial charge is 0.255 e. The van der Waals surface area contributed by atoms with Crippen molar-refractivity contribution in [2.24, 2.45) is 0 Å². The molecule has 0 atom stereocenters. The summed E-state index contributed by atoms with van der Waals surface area (Å²) in [6.07, 6.45) is 1.03. The van der Waals surface area contributed by atoms with Gasteiger partial charge in [-0.05, 0) is 36.4 Å². The van der Waals surface area contributed by atoms with Gasteiger partial charge in [0.25, 0.3) is 11.8 Å². The van der Waals surface area contributed by atoms with Gasteiger partial charge in [-0.2, -0.15) is 0 Å². The minimum absolute atomic E-state index is 0.0163. The Kier molecular flexibility index (Phi) is 5.90. The van der Waals surface area contributed by atoms with Crippen molar-refractivity contribution in [1.29, 1.82) is 0 Å². The number of carbonyl (C=O) groups excluding carboxylic acids is 2. The molecule has 2 aromatic carbocycles. The molecule has 0 aliphatic carbocycles. The highest BCUT2D eigenvalue weighted by Gasteiger charge is 2.27. The summed E-state index contributed by atoms with van der Waals surface area (Å²) >= 11 is 6.07. The SMILES string of the molecule is CS(=O)(=O)c1ccc(Cl)c(C(=O)N2CCN(C(=O)c3ccc(F)c(F)c3)CC2)c1. The molecule has 0 saturated carbocycles.